The van der Waals surface area contributed by atoms with Gasteiger partial charge in [0.1, 0.15) is 17.6 Å². The number of hydroxylamine groups is 2. The summed E-state index contributed by atoms with van der Waals surface area (Å²) in [5.41, 5.74) is -1.75. The molecule has 2 aromatic rings. The fraction of sp³-hybridized carbons (Fsp3) is 0.304. The van der Waals surface area contributed by atoms with E-state index in [1.165, 1.54) is 31.5 Å². The number of benzene rings is 1. The van der Waals surface area contributed by atoms with E-state index in [1.54, 1.807) is 6.07 Å². The molecule has 1 aromatic carbocycles. The molecule has 1 aliphatic rings. The van der Waals surface area contributed by atoms with E-state index in [9.17, 15) is 28.2 Å². The number of phosphoric acid groups is 1. The van der Waals surface area contributed by atoms with Crippen LogP contribution in [0.2, 0.25) is 0 Å². The summed E-state index contributed by atoms with van der Waals surface area (Å²) < 4.78 is 40.9. The molecule has 3 rings (SSSR count). The Hall–Kier alpha value is -2.84. The van der Waals surface area contributed by atoms with Gasteiger partial charge in [-0.25, -0.2) is 4.39 Å². The van der Waals surface area contributed by atoms with E-state index in [0.29, 0.717) is 0 Å². The van der Waals surface area contributed by atoms with Crippen LogP contribution in [0.5, 0.6) is 0 Å². The van der Waals surface area contributed by atoms with Crippen LogP contribution in [-0.2, 0) is 30.3 Å². The molecule has 12 nitrogen and oxygen atoms in total. The molecule has 0 radical (unpaired) electrons. The number of hydrogen-bond acceptors (Lipinski definition) is 9. The van der Waals surface area contributed by atoms with Crippen molar-refractivity contribution in [3.8, 4) is 18.4 Å². The van der Waals surface area contributed by atoms with Crippen molar-refractivity contribution in [1.82, 2.24) is 9.63 Å². The third-order valence-corrected chi connectivity index (χ3v) is 6.65. The summed E-state index contributed by atoms with van der Waals surface area (Å²) in [6.45, 7) is 2.29. The Bertz CT molecular complexity index is 1440. The summed E-state index contributed by atoms with van der Waals surface area (Å²) in [5, 5.41) is 11.8. The van der Waals surface area contributed by atoms with E-state index < -0.39 is 36.8 Å². The standard InChI is InChI=1S/C23H22FN4O8P.Na/c1-6-23(11-35-12-23)28(36-37(32,33)34-5)22(31)20(29)18-13(2)19(27(4)14(18)3)21(30)26-16-7-8-17(24)15(9-16)10-25;/h1,7-9H,11-12H2,2-5H3,(H,26,30)(H,32,33);/q;+1/p-1. The van der Waals surface area contributed by atoms with Gasteiger partial charge in [-0.1, -0.05) is 5.92 Å². The van der Waals surface area contributed by atoms with E-state index in [4.69, 9.17) is 21.0 Å². The number of phosphoric ester groups is 1. The van der Waals surface area contributed by atoms with Gasteiger partial charge in [-0.15, -0.1) is 6.42 Å². The topological polar surface area (TPSA) is 163 Å². The van der Waals surface area contributed by atoms with Crippen molar-refractivity contribution in [2.24, 2.45) is 7.05 Å². The predicted molar refractivity (Wildman–Crippen MR) is 123 cm³/mol. The van der Waals surface area contributed by atoms with E-state index in [-0.39, 0.29) is 81.6 Å². The molecule has 1 unspecified atom stereocenters. The van der Waals surface area contributed by atoms with Crippen molar-refractivity contribution >= 4 is 31.1 Å². The number of rotatable bonds is 8. The molecule has 2 amide bonds. The van der Waals surface area contributed by atoms with E-state index in [2.05, 4.69) is 15.8 Å². The number of ketones is 1. The number of Topliss-reactive ketones (excluding diaryl/α,β-unsaturated/α-hetero) is 1. The molecule has 0 saturated carbocycles. The van der Waals surface area contributed by atoms with Crippen LogP contribution in [0.3, 0.4) is 0 Å². The summed E-state index contributed by atoms with van der Waals surface area (Å²) in [4.78, 5) is 51.6. The third kappa shape index (κ3) is 5.76. The summed E-state index contributed by atoms with van der Waals surface area (Å²) in [6, 6.07) is 5.07. The summed E-state index contributed by atoms with van der Waals surface area (Å²) >= 11 is 0. The normalized spacial score (nSPS) is 15.1. The van der Waals surface area contributed by atoms with Gasteiger partial charge in [-0.05, 0) is 37.6 Å². The van der Waals surface area contributed by atoms with Crippen molar-refractivity contribution < 1.29 is 71.7 Å². The zero-order valence-electron chi connectivity index (χ0n) is 21.2. The molecule has 2 heterocycles. The van der Waals surface area contributed by atoms with Crippen LogP contribution in [0.25, 0.3) is 0 Å². The second kappa shape index (κ2) is 11.9. The number of hydrogen-bond donors (Lipinski definition) is 1. The maximum absolute atomic E-state index is 13.6. The van der Waals surface area contributed by atoms with Gasteiger partial charge in [0, 0.05) is 25.5 Å². The van der Waals surface area contributed by atoms with Crippen LogP contribution in [0.15, 0.2) is 18.2 Å². The van der Waals surface area contributed by atoms with Crippen molar-refractivity contribution in [2.75, 3.05) is 25.6 Å². The molecular formula is C23H21FN4NaO8P. The summed E-state index contributed by atoms with van der Waals surface area (Å²) in [7, 11) is -2.79. The number of ether oxygens (including phenoxy) is 1. The second-order valence-corrected chi connectivity index (χ2v) is 9.49. The first-order chi connectivity index (χ1) is 17.3. The van der Waals surface area contributed by atoms with Gasteiger partial charge in [0.05, 0.1) is 24.3 Å². The second-order valence-electron chi connectivity index (χ2n) is 8.06. The van der Waals surface area contributed by atoms with Gasteiger partial charge in [0.2, 0.25) is 0 Å². The Balaban J connectivity index is 0.00000507. The van der Waals surface area contributed by atoms with Crippen LogP contribution in [-0.4, -0.2) is 53.1 Å². The number of nitrogens with one attached hydrogen (secondary N) is 1. The minimum Gasteiger partial charge on any atom is -0.755 e. The molecule has 1 aromatic heterocycles. The monoisotopic (exact) mass is 554 g/mol. The minimum atomic E-state index is -5.06. The molecular weight excluding hydrogens is 533 g/mol. The number of terminal acetylenes is 1. The molecule has 1 aliphatic heterocycles. The number of nitrogens with zero attached hydrogens (tertiary/aromatic N) is 3. The fourth-order valence-electron chi connectivity index (χ4n) is 3.71. The Morgan fingerprint density at radius 3 is 2.47 bits per heavy atom. The Morgan fingerprint density at radius 2 is 1.97 bits per heavy atom. The molecule has 1 atom stereocenters. The van der Waals surface area contributed by atoms with Crippen LogP contribution < -0.4 is 39.8 Å². The van der Waals surface area contributed by atoms with Gasteiger partial charge in [-0.3, -0.25) is 18.9 Å². The maximum Gasteiger partial charge on any atom is 1.00 e. The minimum absolute atomic E-state index is 0. The van der Waals surface area contributed by atoms with Crippen molar-refractivity contribution in [2.45, 2.75) is 19.4 Å². The number of carbonyl (C=O) groups excluding carboxylic acids is 3. The van der Waals surface area contributed by atoms with Crippen molar-refractivity contribution in [3.05, 3.63) is 52.1 Å². The first-order valence-corrected chi connectivity index (χ1v) is 12.0. The van der Waals surface area contributed by atoms with Gasteiger partial charge in [0.25, 0.3) is 19.5 Å². The first kappa shape index (κ1) is 31.4. The van der Waals surface area contributed by atoms with Crippen molar-refractivity contribution in [1.29, 1.82) is 5.26 Å². The molecule has 1 fully saturated rings. The number of nitriles is 1. The van der Waals surface area contributed by atoms with E-state index >= 15 is 0 Å². The zero-order valence-corrected chi connectivity index (χ0v) is 24.1. The quantitative estimate of drug-likeness (QED) is 0.101. The third-order valence-electron chi connectivity index (χ3n) is 5.84. The van der Waals surface area contributed by atoms with Crippen LogP contribution in [0.4, 0.5) is 10.1 Å². The SMILES string of the molecule is C#CC1(N(OP(=O)([O-])OC)C(=O)C(=O)c2c(C)c(C(=O)Nc3ccc(F)c(C#N)c3)n(C)c2C)COC1.[Na+]. The zero-order chi connectivity index (χ0) is 27.7. The maximum atomic E-state index is 13.6. The summed E-state index contributed by atoms with van der Waals surface area (Å²) in [5.74, 6) is -1.87. The molecule has 0 aliphatic carbocycles. The fourth-order valence-corrected chi connectivity index (χ4v) is 4.21. The van der Waals surface area contributed by atoms with Gasteiger partial charge < -0.3 is 24.0 Å². The van der Waals surface area contributed by atoms with Gasteiger partial charge in [-0.2, -0.15) is 14.9 Å². The molecule has 1 saturated heterocycles. The molecule has 194 valence electrons. The van der Waals surface area contributed by atoms with Crippen LogP contribution in [0, 0.1) is 43.3 Å². The molecule has 0 bridgehead atoms. The Kier molecular flexibility index (Phi) is 9.83. The predicted octanol–water partition coefficient (Wildman–Crippen LogP) is -1.63. The van der Waals surface area contributed by atoms with Gasteiger partial charge in [0.15, 0.2) is 5.54 Å². The Morgan fingerprint density at radius 1 is 1.34 bits per heavy atom. The number of carbonyl (C=O) groups is 3. The van der Waals surface area contributed by atoms with Crippen LogP contribution >= 0.6 is 7.82 Å². The molecule has 1 N–H and O–H groups in total. The van der Waals surface area contributed by atoms with Crippen LogP contribution in [0.1, 0.15) is 37.7 Å². The molecule has 38 heavy (non-hydrogen) atoms. The smallest absolute Gasteiger partial charge is 0.755 e. The average Bonchev–Trinajstić information content (AvgIpc) is 3.06. The van der Waals surface area contributed by atoms with Gasteiger partial charge >= 0.3 is 35.5 Å². The van der Waals surface area contributed by atoms with Crippen molar-refractivity contribution in [3.63, 3.8) is 0 Å². The summed E-state index contributed by atoms with van der Waals surface area (Å²) in [6.07, 6.45) is 5.49. The van der Waals surface area contributed by atoms with E-state index in [1.807, 2.05) is 0 Å². The Labute approximate surface area is 239 Å². The number of anilines is 1. The molecule has 0 spiro atoms. The number of amides is 2. The first-order valence-electron chi connectivity index (χ1n) is 10.5. The molecule has 15 heteroatoms. The number of aromatic nitrogens is 1. The average molecular weight is 554 g/mol. The number of halogens is 1. The largest absolute Gasteiger partial charge is 1.00 e. The van der Waals surface area contributed by atoms with E-state index in [0.717, 1.165) is 19.2 Å².